The normalized spacial score (nSPS) is 10.9. The van der Waals surface area contributed by atoms with Crippen molar-refractivity contribution in [2.75, 3.05) is 0 Å². The predicted octanol–water partition coefficient (Wildman–Crippen LogP) is 3.40. The molecule has 0 spiro atoms. The molecule has 0 fully saturated rings. The van der Waals surface area contributed by atoms with Crippen molar-refractivity contribution in [2.45, 2.75) is 46.0 Å². The maximum Gasteiger partial charge on any atom is 0.119 e. The molecule has 1 rings (SSSR count). The van der Waals surface area contributed by atoms with Crippen LogP contribution in [0.15, 0.2) is 18.2 Å². The van der Waals surface area contributed by atoms with Gasteiger partial charge in [0.15, 0.2) is 0 Å². The molecule has 1 aromatic rings. The number of phenols is 1. The van der Waals surface area contributed by atoms with Crippen LogP contribution in [0.5, 0.6) is 5.75 Å². The van der Waals surface area contributed by atoms with Gasteiger partial charge in [-0.15, -0.1) is 0 Å². The fourth-order valence-electron chi connectivity index (χ4n) is 1.97. The maximum atomic E-state index is 9.85. The summed E-state index contributed by atoms with van der Waals surface area (Å²) in [5.74, 6) is 0.434. The Bertz CT molecular complexity index is 318. The van der Waals surface area contributed by atoms with E-state index < -0.39 is 0 Å². The molecule has 0 saturated carbocycles. The van der Waals surface area contributed by atoms with Crippen LogP contribution in [0.2, 0.25) is 0 Å². The summed E-state index contributed by atoms with van der Waals surface area (Å²) in [6, 6.07) is 5.94. The summed E-state index contributed by atoms with van der Waals surface area (Å²) in [5.41, 5.74) is 2.25. The van der Waals surface area contributed by atoms with Gasteiger partial charge in [-0.3, -0.25) is 0 Å². The van der Waals surface area contributed by atoms with Gasteiger partial charge in [0.1, 0.15) is 5.75 Å². The van der Waals surface area contributed by atoms with E-state index in [1.807, 2.05) is 19.1 Å². The van der Waals surface area contributed by atoms with Crippen LogP contribution in [0.1, 0.15) is 44.7 Å². The van der Waals surface area contributed by atoms with Crippen LogP contribution < -0.4 is 0 Å². The van der Waals surface area contributed by atoms with E-state index in [2.05, 4.69) is 26.8 Å². The summed E-state index contributed by atoms with van der Waals surface area (Å²) in [4.78, 5) is 0. The molecule has 2 heteroatoms. The smallest absolute Gasteiger partial charge is 0.119 e. The third-order valence-electron chi connectivity index (χ3n) is 2.76. The molecule has 0 aromatic heterocycles. The minimum atomic E-state index is 0. The van der Waals surface area contributed by atoms with Gasteiger partial charge in [-0.05, 0) is 36.0 Å². The number of benzene rings is 1. The summed E-state index contributed by atoms with van der Waals surface area (Å²) in [6.45, 7) is 8.53. The van der Waals surface area contributed by atoms with E-state index in [4.69, 9.17) is 0 Å². The zero-order chi connectivity index (χ0) is 10.8. The van der Waals surface area contributed by atoms with Crippen molar-refractivity contribution in [1.29, 1.82) is 0 Å². The van der Waals surface area contributed by atoms with Crippen LogP contribution >= 0.6 is 0 Å². The molecule has 0 aliphatic heterocycles. The maximum absolute atomic E-state index is 9.85. The molecule has 1 N–H and O–H groups in total. The molecule has 0 aliphatic carbocycles. The van der Waals surface area contributed by atoms with Crippen molar-refractivity contribution >= 4 is 29.6 Å². The molecule has 1 nitrogen and oxygen atoms in total. The number of rotatable bonds is 3. The Labute approximate surface area is 115 Å². The minimum Gasteiger partial charge on any atom is -0.508 e. The fraction of sp³-hybridized carbons (Fsp3) is 0.538. The standard InChI is InChI=1S/C13H20O.Na/c1-5-8-13(3,4)11-7-6-10(2)9-12(11)14;/h6-7,9,14H,5,8H2,1-4H3;. The monoisotopic (exact) mass is 215 g/mol. The average Bonchev–Trinajstić information content (AvgIpc) is 2.02. The van der Waals surface area contributed by atoms with Gasteiger partial charge in [0.2, 0.25) is 0 Å². The van der Waals surface area contributed by atoms with E-state index in [1.165, 1.54) is 0 Å². The Morgan fingerprint density at radius 2 is 1.87 bits per heavy atom. The van der Waals surface area contributed by atoms with Gasteiger partial charge in [0.05, 0.1) is 0 Å². The molecule has 0 unspecified atom stereocenters. The summed E-state index contributed by atoms with van der Waals surface area (Å²) < 4.78 is 0. The molecular formula is C13H20NaO. The predicted molar refractivity (Wildman–Crippen MR) is 66.5 cm³/mol. The molecule has 0 amide bonds. The molecule has 1 aromatic carbocycles. The molecule has 0 saturated heterocycles. The first-order valence-corrected chi connectivity index (χ1v) is 5.27. The van der Waals surface area contributed by atoms with Gasteiger partial charge in [-0.1, -0.05) is 39.3 Å². The topological polar surface area (TPSA) is 20.2 Å². The van der Waals surface area contributed by atoms with Crippen LogP contribution in [0.25, 0.3) is 0 Å². The van der Waals surface area contributed by atoms with Gasteiger partial charge < -0.3 is 5.11 Å². The first-order valence-electron chi connectivity index (χ1n) is 5.27. The SMILES string of the molecule is CCCC(C)(C)c1ccc(C)cc1O.[Na]. The first kappa shape index (κ1) is 15.0. The van der Waals surface area contributed by atoms with Crippen LogP contribution in [0.4, 0.5) is 0 Å². The second kappa shape index (κ2) is 5.93. The van der Waals surface area contributed by atoms with Crippen molar-refractivity contribution < 1.29 is 5.11 Å². The van der Waals surface area contributed by atoms with Crippen molar-refractivity contribution in [2.24, 2.45) is 0 Å². The molecule has 0 aliphatic rings. The van der Waals surface area contributed by atoms with Gasteiger partial charge in [0.25, 0.3) is 0 Å². The van der Waals surface area contributed by atoms with Gasteiger partial charge in [0, 0.05) is 29.6 Å². The van der Waals surface area contributed by atoms with Crippen molar-refractivity contribution in [3.05, 3.63) is 29.3 Å². The first-order chi connectivity index (χ1) is 6.47. The van der Waals surface area contributed by atoms with Gasteiger partial charge >= 0.3 is 0 Å². The molecule has 79 valence electrons. The molecule has 0 atom stereocenters. The van der Waals surface area contributed by atoms with Crippen LogP contribution in [0, 0.1) is 6.92 Å². The average molecular weight is 215 g/mol. The number of aryl methyl sites for hydroxylation is 1. The fourth-order valence-corrected chi connectivity index (χ4v) is 1.97. The molecule has 15 heavy (non-hydrogen) atoms. The van der Waals surface area contributed by atoms with Crippen molar-refractivity contribution in [3.8, 4) is 5.75 Å². The Morgan fingerprint density at radius 3 is 2.33 bits per heavy atom. The largest absolute Gasteiger partial charge is 0.508 e. The Balaban J connectivity index is 0.00000196. The Kier molecular flexibility index (Phi) is 5.94. The van der Waals surface area contributed by atoms with Crippen LogP contribution in [-0.4, -0.2) is 34.7 Å². The Hall–Kier alpha value is 0.0200. The zero-order valence-corrected chi connectivity index (χ0v) is 12.6. The summed E-state index contributed by atoms with van der Waals surface area (Å²) in [7, 11) is 0. The van der Waals surface area contributed by atoms with E-state index in [0.717, 1.165) is 24.0 Å². The van der Waals surface area contributed by atoms with Gasteiger partial charge in [-0.2, -0.15) is 0 Å². The molecule has 0 heterocycles. The minimum absolute atomic E-state index is 0. The number of hydrogen-bond acceptors (Lipinski definition) is 1. The van der Waals surface area contributed by atoms with Crippen molar-refractivity contribution in [1.82, 2.24) is 0 Å². The van der Waals surface area contributed by atoms with Gasteiger partial charge in [-0.25, -0.2) is 0 Å². The molecule has 0 bridgehead atoms. The summed E-state index contributed by atoms with van der Waals surface area (Å²) >= 11 is 0. The van der Waals surface area contributed by atoms with E-state index in [9.17, 15) is 5.11 Å². The van der Waals surface area contributed by atoms with E-state index in [0.29, 0.717) is 5.75 Å². The molecule has 1 radical (unpaired) electrons. The third kappa shape index (κ3) is 3.82. The number of aromatic hydroxyl groups is 1. The third-order valence-corrected chi connectivity index (χ3v) is 2.76. The zero-order valence-electron chi connectivity index (χ0n) is 10.6. The number of hydrogen-bond donors (Lipinski definition) is 1. The Morgan fingerprint density at radius 1 is 1.27 bits per heavy atom. The van der Waals surface area contributed by atoms with E-state index in [-0.39, 0.29) is 35.0 Å². The van der Waals surface area contributed by atoms with Crippen LogP contribution in [0.3, 0.4) is 0 Å². The summed E-state index contributed by atoms with van der Waals surface area (Å²) in [6.07, 6.45) is 2.24. The number of phenolic OH excluding ortho intramolecular Hbond substituents is 1. The second-order valence-corrected chi connectivity index (χ2v) is 4.65. The molecular weight excluding hydrogens is 195 g/mol. The van der Waals surface area contributed by atoms with E-state index in [1.54, 1.807) is 0 Å². The quantitative estimate of drug-likeness (QED) is 0.766. The van der Waals surface area contributed by atoms with E-state index >= 15 is 0 Å². The van der Waals surface area contributed by atoms with Crippen molar-refractivity contribution in [3.63, 3.8) is 0 Å². The summed E-state index contributed by atoms with van der Waals surface area (Å²) in [5, 5.41) is 9.85. The van der Waals surface area contributed by atoms with Crippen LogP contribution in [-0.2, 0) is 5.41 Å². The second-order valence-electron chi connectivity index (χ2n) is 4.65.